The minimum Gasteiger partial charge on any atom is -0.228 e. The number of hydrogen-bond acceptors (Lipinski definition) is 3. The monoisotopic (exact) mass is 323 g/mol. The van der Waals surface area contributed by atoms with E-state index in [1.54, 1.807) is 24.3 Å². The lowest BCUT2D eigenvalue weighted by atomic mass is 10.2. The van der Waals surface area contributed by atoms with Gasteiger partial charge in [0.2, 0.25) is 0 Å². The number of halogens is 2. The Kier molecular flexibility index (Phi) is 4.61. The van der Waals surface area contributed by atoms with Gasteiger partial charge in [-0.2, -0.15) is 5.26 Å². The molecular formula is C15H11ClFNO2S. The molecule has 0 fully saturated rings. The van der Waals surface area contributed by atoms with Gasteiger partial charge >= 0.3 is 0 Å². The molecule has 0 radical (unpaired) electrons. The Hall–Kier alpha value is -1.90. The molecule has 0 heterocycles. The first-order valence-electron chi connectivity index (χ1n) is 6.03. The third-order valence-electron chi connectivity index (χ3n) is 2.90. The van der Waals surface area contributed by atoms with Crippen LogP contribution in [0.3, 0.4) is 0 Å². The Balaban J connectivity index is 2.21. The lowest BCUT2D eigenvalue weighted by molar-refractivity contribution is 0.586. The first-order valence-corrected chi connectivity index (χ1v) is 8.23. The predicted molar refractivity (Wildman–Crippen MR) is 78.9 cm³/mol. The van der Waals surface area contributed by atoms with Crippen LogP contribution in [0.1, 0.15) is 16.7 Å². The van der Waals surface area contributed by atoms with E-state index in [1.807, 2.05) is 6.07 Å². The number of hydrogen-bond donors (Lipinski definition) is 0. The van der Waals surface area contributed by atoms with Gasteiger partial charge in [-0.05, 0) is 29.8 Å². The number of nitriles is 1. The lowest BCUT2D eigenvalue weighted by Gasteiger charge is -2.07. The van der Waals surface area contributed by atoms with Crippen LogP contribution in [-0.2, 0) is 21.3 Å². The first-order chi connectivity index (χ1) is 9.91. The normalized spacial score (nSPS) is 11.1. The zero-order chi connectivity index (χ0) is 15.5. The predicted octanol–water partition coefficient (Wildman–Crippen LogP) is 3.47. The van der Waals surface area contributed by atoms with E-state index >= 15 is 0 Å². The van der Waals surface area contributed by atoms with E-state index in [-0.39, 0.29) is 16.3 Å². The smallest absolute Gasteiger partial charge is 0.158 e. The summed E-state index contributed by atoms with van der Waals surface area (Å²) in [6, 6.07) is 12.2. The van der Waals surface area contributed by atoms with Crippen LogP contribution in [0.2, 0.25) is 5.02 Å². The maximum Gasteiger partial charge on any atom is 0.158 e. The molecule has 3 nitrogen and oxygen atoms in total. The van der Waals surface area contributed by atoms with E-state index in [2.05, 4.69) is 0 Å². The van der Waals surface area contributed by atoms with Crippen LogP contribution in [0.25, 0.3) is 0 Å². The van der Waals surface area contributed by atoms with Crippen molar-refractivity contribution >= 4 is 21.4 Å². The molecule has 0 aromatic heterocycles. The van der Waals surface area contributed by atoms with Gasteiger partial charge in [0.1, 0.15) is 5.82 Å². The molecule has 0 spiro atoms. The Morgan fingerprint density at radius 2 is 1.76 bits per heavy atom. The lowest BCUT2D eigenvalue weighted by Crippen LogP contribution is -2.09. The Morgan fingerprint density at radius 1 is 1.10 bits per heavy atom. The number of nitrogens with zero attached hydrogens (tertiary/aromatic N) is 1. The second-order valence-corrected chi connectivity index (χ2v) is 7.01. The first kappa shape index (κ1) is 15.5. The molecule has 2 aromatic rings. The van der Waals surface area contributed by atoms with Gasteiger partial charge in [0, 0.05) is 10.6 Å². The second kappa shape index (κ2) is 6.25. The molecule has 2 rings (SSSR count). The minimum atomic E-state index is -3.56. The van der Waals surface area contributed by atoms with Gasteiger partial charge in [-0.15, -0.1) is 0 Å². The van der Waals surface area contributed by atoms with Gasteiger partial charge in [-0.3, -0.25) is 0 Å². The summed E-state index contributed by atoms with van der Waals surface area (Å²) in [6.07, 6.45) is 0. The van der Waals surface area contributed by atoms with Crippen LogP contribution in [0.4, 0.5) is 4.39 Å². The highest BCUT2D eigenvalue weighted by Gasteiger charge is 2.18. The molecule has 0 saturated heterocycles. The molecule has 0 aliphatic carbocycles. The van der Waals surface area contributed by atoms with Crippen molar-refractivity contribution in [1.82, 2.24) is 0 Å². The van der Waals surface area contributed by atoms with Crippen LogP contribution < -0.4 is 0 Å². The highest BCUT2D eigenvalue weighted by molar-refractivity contribution is 7.89. The average Bonchev–Trinajstić information content (AvgIpc) is 2.43. The molecule has 0 saturated carbocycles. The van der Waals surface area contributed by atoms with Gasteiger partial charge in [-0.1, -0.05) is 29.8 Å². The minimum absolute atomic E-state index is 0.0205. The fourth-order valence-electron chi connectivity index (χ4n) is 1.87. The van der Waals surface area contributed by atoms with Crippen LogP contribution in [0.15, 0.2) is 42.5 Å². The molecule has 0 aliphatic rings. The Labute approximate surface area is 127 Å². The van der Waals surface area contributed by atoms with Crippen LogP contribution in [0.5, 0.6) is 0 Å². The quantitative estimate of drug-likeness (QED) is 0.865. The Morgan fingerprint density at radius 3 is 2.33 bits per heavy atom. The topological polar surface area (TPSA) is 57.9 Å². The molecule has 0 N–H and O–H groups in total. The van der Waals surface area contributed by atoms with Crippen molar-refractivity contribution in [2.24, 2.45) is 0 Å². The number of benzene rings is 2. The van der Waals surface area contributed by atoms with Crippen molar-refractivity contribution < 1.29 is 12.8 Å². The Bertz CT molecular complexity index is 775. The van der Waals surface area contributed by atoms with E-state index in [0.717, 1.165) is 0 Å². The summed E-state index contributed by atoms with van der Waals surface area (Å²) in [4.78, 5) is 0. The van der Waals surface area contributed by atoms with Crippen molar-refractivity contribution in [3.8, 4) is 6.07 Å². The van der Waals surface area contributed by atoms with E-state index in [1.165, 1.54) is 18.2 Å². The molecule has 0 atom stereocenters. The van der Waals surface area contributed by atoms with Gasteiger partial charge in [0.25, 0.3) is 0 Å². The van der Waals surface area contributed by atoms with Crippen molar-refractivity contribution in [2.45, 2.75) is 11.5 Å². The molecule has 108 valence electrons. The van der Waals surface area contributed by atoms with Crippen molar-refractivity contribution in [3.63, 3.8) is 0 Å². The van der Waals surface area contributed by atoms with E-state index in [0.29, 0.717) is 11.1 Å². The molecule has 2 aromatic carbocycles. The molecule has 0 unspecified atom stereocenters. The van der Waals surface area contributed by atoms with Gasteiger partial charge < -0.3 is 0 Å². The van der Waals surface area contributed by atoms with Crippen LogP contribution >= 0.6 is 11.6 Å². The van der Waals surface area contributed by atoms with Crippen LogP contribution in [0, 0.1) is 17.1 Å². The summed E-state index contributed by atoms with van der Waals surface area (Å²) < 4.78 is 37.9. The maximum absolute atomic E-state index is 13.6. The largest absolute Gasteiger partial charge is 0.228 e. The number of rotatable bonds is 4. The van der Waals surface area contributed by atoms with Gasteiger partial charge in [-0.25, -0.2) is 12.8 Å². The van der Waals surface area contributed by atoms with Crippen molar-refractivity contribution in [3.05, 3.63) is 70.0 Å². The summed E-state index contributed by atoms with van der Waals surface area (Å²) in [5.74, 6) is -1.33. The van der Waals surface area contributed by atoms with Gasteiger partial charge in [0.05, 0.1) is 23.1 Å². The van der Waals surface area contributed by atoms with E-state index in [9.17, 15) is 12.8 Å². The zero-order valence-corrected chi connectivity index (χ0v) is 12.5. The second-order valence-electron chi connectivity index (χ2n) is 4.54. The highest BCUT2D eigenvalue weighted by Crippen LogP contribution is 2.23. The third kappa shape index (κ3) is 4.03. The van der Waals surface area contributed by atoms with Gasteiger partial charge in [0.15, 0.2) is 9.84 Å². The third-order valence-corrected chi connectivity index (χ3v) is 4.75. The molecule has 0 bridgehead atoms. The van der Waals surface area contributed by atoms with E-state index in [4.69, 9.17) is 16.9 Å². The molecule has 0 amide bonds. The fraction of sp³-hybridized carbons (Fsp3) is 0.133. The summed E-state index contributed by atoms with van der Waals surface area (Å²) in [5.41, 5.74) is 0.975. The van der Waals surface area contributed by atoms with E-state index < -0.39 is 21.4 Å². The highest BCUT2D eigenvalue weighted by atomic mass is 35.5. The van der Waals surface area contributed by atoms with Crippen LogP contribution in [-0.4, -0.2) is 8.42 Å². The molecule has 0 aliphatic heterocycles. The average molecular weight is 324 g/mol. The zero-order valence-electron chi connectivity index (χ0n) is 10.9. The SMILES string of the molecule is N#Cc1ccc(CS(=O)(=O)Cc2c(F)cccc2Cl)cc1. The maximum atomic E-state index is 13.6. The van der Waals surface area contributed by atoms with Crippen molar-refractivity contribution in [2.75, 3.05) is 0 Å². The van der Waals surface area contributed by atoms with Crippen molar-refractivity contribution in [1.29, 1.82) is 5.26 Å². The summed E-state index contributed by atoms with van der Waals surface area (Å²) in [6.45, 7) is 0. The number of sulfone groups is 1. The fourth-order valence-corrected chi connectivity index (χ4v) is 3.72. The summed E-state index contributed by atoms with van der Waals surface area (Å²) in [7, 11) is -3.56. The molecule has 21 heavy (non-hydrogen) atoms. The summed E-state index contributed by atoms with van der Waals surface area (Å²) in [5, 5.41) is 8.79. The summed E-state index contributed by atoms with van der Waals surface area (Å²) >= 11 is 5.84. The molecular weight excluding hydrogens is 313 g/mol. The molecule has 6 heteroatoms. The standard InChI is InChI=1S/C15H11ClFNO2S/c16-14-2-1-3-15(17)13(14)10-21(19,20)9-12-6-4-11(8-18)5-7-12/h1-7H,9-10H2.